The van der Waals surface area contributed by atoms with E-state index >= 15 is 0 Å². The number of nitrogens with zero attached hydrogens (tertiary/aromatic N) is 4. The lowest BCUT2D eigenvalue weighted by Crippen LogP contribution is -2.52. The number of hydrogen-bond donors (Lipinski definition) is 2. The van der Waals surface area contributed by atoms with Gasteiger partial charge in [0.15, 0.2) is 5.11 Å². The molecule has 0 saturated carbocycles. The SMILES string of the molecule is CC(=O)N1CCN(C(=S)N/N=C2/CCNc3c(Cl)ccnc32)CC1. The first-order chi connectivity index (χ1) is 11.6. The molecule has 2 aliphatic rings. The number of anilines is 1. The highest BCUT2D eigenvalue weighted by atomic mass is 35.5. The van der Waals surface area contributed by atoms with E-state index in [0.717, 1.165) is 30.1 Å². The van der Waals surface area contributed by atoms with E-state index < -0.39 is 0 Å². The number of amides is 1. The fraction of sp³-hybridized carbons (Fsp3) is 0.467. The number of rotatable bonds is 1. The molecule has 24 heavy (non-hydrogen) atoms. The molecule has 3 rings (SSSR count). The quantitative estimate of drug-likeness (QED) is 0.576. The summed E-state index contributed by atoms with van der Waals surface area (Å²) in [6, 6.07) is 1.75. The van der Waals surface area contributed by atoms with Crippen molar-refractivity contribution in [3.8, 4) is 0 Å². The van der Waals surface area contributed by atoms with Crippen molar-refractivity contribution in [2.75, 3.05) is 38.0 Å². The summed E-state index contributed by atoms with van der Waals surface area (Å²) in [5.74, 6) is 0.100. The van der Waals surface area contributed by atoms with Crippen LogP contribution < -0.4 is 10.7 Å². The van der Waals surface area contributed by atoms with E-state index in [0.29, 0.717) is 36.3 Å². The highest BCUT2D eigenvalue weighted by Crippen LogP contribution is 2.28. The number of piperazine rings is 1. The van der Waals surface area contributed by atoms with Crippen molar-refractivity contribution in [3.05, 3.63) is 23.0 Å². The second kappa shape index (κ2) is 7.31. The Kier molecular flexibility index (Phi) is 5.15. The third-order valence-electron chi connectivity index (χ3n) is 4.14. The second-order valence-corrected chi connectivity index (χ2v) is 6.46. The van der Waals surface area contributed by atoms with Crippen molar-refractivity contribution >= 4 is 46.2 Å². The van der Waals surface area contributed by atoms with Gasteiger partial charge in [-0.1, -0.05) is 11.6 Å². The van der Waals surface area contributed by atoms with Crippen LogP contribution in [0.5, 0.6) is 0 Å². The number of fused-ring (bicyclic) bond motifs is 1. The van der Waals surface area contributed by atoms with Gasteiger partial charge in [0.25, 0.3) is 0 Å². The Morgan fingerprint density at radius 1 is 1.38 bits per heavy atom. The maximum absolute atomic E-state index is 11.4. The van der Waals surface area contributed by atoms with E-state index in [9.17, 15) is 4.79 Å². The van der Waals surface area contributed by atoms with Gasteiger partial charge in [0.05, 0.1) is 16.4 Å². The van der Waals surface area contributed by atoms with Gasteiger partial charge < -0.3 is 15.1 Å². The highest BCUT2D eigenvalue weighted by molar-refractivity contribution is 7.80. The largest absolute Gasteiger partial charge is 0.382 e. The first-order valence-electron chi connectivity index (χ1n) is 7.82. The minimum absolute atomic E-state index is 0.100. The summed E-state index contributed by atoms with van der Waals surface area (Å²) in [6.07, 6.45) is 2.41. The fourth-order valence-corrected chi connectivity index (χ4v) is 3.21. The normalized spacial score (nSPS) is 18.8. The van der Waals surface area contributed by atoms with Crippen LogP contribution >= 0.6 is 23.8 Å². The predicted molar refractivity (Wildman–Crippen MR) is 98.5 cm³/mol. The molecule has 0 unspecified atom stereocenters. The smallest absolute Gasteiger partial charge is 0.219 e. The Balaban J connectivity index is 1.64. The number of thiocarbonyl (C=S) groups is 1. The summed E-state index contributed by atoms with van der Waals surface area (Å²) >= 11 is 11.6. The van der Waals surface area contributed by atoms with E-state index in [1.165, 1.54) is 0 Å². The number of pyridine rings is 1. The summed E-state index contributed by atoms with van der Waals surface area (Å²) < 4.78 is 0. The Hall–Kier alpha value is -1.93. The van der Waals surface area contributed by atoms with Gasteiger partial charge in [0.1, 0.15) is 5.69 Å². The zero-order valence-electron chi connectivity index (χ0n) is 13.4. The number of carbonyl (C=O) groups excluding carboxylic acids is 1. The van der Waals surface area contributed by atoms with Gasteiger partial charge in [-0.25, -0.2) is 0 Å². The number of hydrazone groups is 1. The molecule has 1 amide bonds. The first-order valence-corrected chi connectivity index (χ1v) is 8.60. The lowest BCUT2D eigenvalue weighted by Gasteiger charge is -2.35. The average molecular weight is 367 g/mol. The van der Waals surface area contributed by atoms with Crippen molar-refractivity contribution in [3.63, 3.8) is 0 Å². The number of halogens is 1. The number of nitrogens with one attached hydrogen (secondary N) is 2. The molecule has 9 heteroatoms. The molecule has 1 fully saturated rings. The van der Waals surface area contributed by atoms with Crippen molar-refractivity contribution in [1.29, 1.82) is 0 Å². The molecule has 0 atom stereocenters. The van der Waals surface area contributed by atoms with Crippen molar-refractivity contribution in [1.82, 2.24) is 20.2 Å². The Morgan fingerprint density at radius 3 is 2.79 bits per heavy atom. The van der Waals surface area contributed by atoms with Crippen LogP contribution in [0.2, 0.25) is 5.02 Å². The molecular weight excluding hydrogens is 348 g/mol. The molecule has 1 saturated heterocycles. The van der Waals surface area contributed by atoms with Crippen molar-refractivity contribution in [2.24, 2.45) is 5.10 Å². The zero-order valence-corrected chi connectivity index (χ0v) is 15.0. The number of hydrogen-bond acceptors (Lipinski definition) is 5. The van der Waals surface area contributed by atoms with Gasteiger partial charge in [0.2, 0.25) is 5.91 Å². The monoisotopic (exact) mass is 366 g/mol. The third-order valence-corrected chi connectivity index (χ3v) is 4.80. The predicted octanol–water partition coefficient (Wildman–Crippen LogP) is 1.29. The van der Waals surface area contributed by atoms with Crippen LogP contribution in [-0.2, 0) is 4.79 Å². The van der Waals surface area contributed by atoms with Gasteiger partial charge in [-0.2, -0.15) is 5.10 Å². The topological polar surface area (TPSA) is 72.9 Å². The van der Waals surface area contributed by atoms with Gasteiger partial charge in [0, 0.05) is 52.3 Å². The second-order valence-electron chi connectivity index (χ2n) is 5.66. The molecule has 1 aromatic rings. The molecule has 0 bridgehead atoms. The van der Waals surface area contributed by atoms with Gasteiger partial charge in [-0.05, 0) is 18.3 Å². The van der Waals surface area contributed by atoms with Crippen LogP contribution in [0.1, 0.15) is 19.0 Å². The standard InChI is InChI=1S/C15H19ClN6OS/c1-10(23)21-6-8-22(9-7-21)15(24)20-19-12-3-5-17-13-11(16)2-4-18-14(12)13/h2,4,17H,3,5-9H2,1H3,(H,20,24)/b19-12-. The van der Waals surface area contributed by atoms with Crippen LogP contribution in [0.15, 0.2) is 17.4 Å². The van der Waals surface area contributed by atoms with Gasteiger partial charge in [-0.3, -0.25) is 15.2 Å². The maximum Gasteiger partial charge on any atom is 0.219 e. The van der Waals surface area contributed by atoms with E-state index in [1.807, 2.05) is 9.80 Å². The van der Waals surface area contributed by atoms with E-state index in [-0.39, 0.29) is 5.91 Å². The van der Waals surface area contributed by atoms with Gasteiger partial charge in [-0.15, -0.1) is 0 Å². The molecule has 7 nitrogen and oxygen atoms in total. The number of aromatic nitrogens is 1. The van der Waals surface area contributed by atoms with Crippen LogP contribution in [-0.4, -0.2) is 64.2 Å². The molecule has 128 valence electrons. The van der Waals surface area contributed by atoms with Crippen LogP contribution in [0, 0.1) is 0 Å². The molecule has 0 radical (unpaired) electrons. The summed E-state index contributed by atoms with van der Waals surface area (Å²) in [4.78, 5) is 19.6. The highest BCUT2D eigenvalue weighted by Gasteiger charge is 2.22. The first kappa shape index (κ1) is 16.9. The summed E-state index contributed by atoms with van der Waals surface area (Å²) in [6.45, 7) is 5.11. The molecule has 1 aromatic heterocycles. The zero-order chi connectivity index (χ0) is 17.1. The van der Waals surface area contributed by atoms with E-state index in [1.54, 1.807) is 19.2 Å². The molecular formula is C15H19ClN6OS. The summed E-state index contributed by atoms with van der Waals surface area (Å²) in [7, 11) is 0. The van der Waals surface area contributed by atoms with Crippen molar-refractivity contribution < 1.29 is 4.79 Å². The lowest BCUT2D eigenvalue weighted by molar-refractivity contribution is -0.130. The minimum Gasteiger partial charge on any atom is -0.382 e. The fourth-order valence-electron chi connectivity index (χ4n) is 2.77. The van der Waals surface area contributed by atoms with Crippen LogP contribution in [0.4, 0.5) is 5.69 Å². The molecule has 3 heterocycles. The van der Waals surface area contributed by atoms with Crippen LogP contribution in [0.25, 0.3) is 0 Å². The number of carbonyl (C=O) groups is 1. The summed E-state index contributed by atoms with van der Waals surface area (Å²) in [5, 5.41) is 8.88. The molecule has 2 N–H and O–H groups in total. The average Bonchev–Trinajstić information content (AvgIpc) is 2.60. The Morgan fingerprint density at radius 2 is 2.08 bits per heavy atom. The summed E-state index contributed by atoms with van der Waals surface area (Å²) in [5.41, 5.74) is 5.35. The van der Waals surface area contributed by atoms with E-state index in [2.05, 4.69) is 20.8 Å². The Bertz CT molecular complexity index is 687. The van der Waals surface area contributed by atoms with Gasteiger partial charge >= 0.3 is 0 Å². The molecule has 0 spiro atoms. The van der Waals surface area contributed by atoms with Crippen molar-refractivity contribution in [2.45, 2.75) is 13.3 Å². The Labute approximate surface area is 151 Å². The minimum atomic E-state index is 0.100. The van der Waals surface area contributed by atoms with E-state index in [4.69, 9.17) is 23.8 Å². The lowest BCUT2D eigenvalue weighted by atomic mass is 10.1. The third kappa shape index (κ3) is 3.59. The molecule has 2 aliphatic heterocycles. The molecule has 0 aliphatic carbocycles. The van der Waals surface area contributed by atoms with Crippen LogP contribution in [0.3, 0.4) is 0 Å². The maximum atomic E-state index is 11.4. The molecule has 0 aromatic carbocycles.